The fourth-order valence-corrected chi connectivity index (χ4v) is 14.2. The smallest absolute Gasteiger partial charge is 0.309 e. The Balaban J connectivity index is 1.26. The first-order valence-electron chi connectivity index (χ1n) is 20.4. The minimum absolute atomic E-state index is 0.00985. The maximum Gasteiger partial charge on any atom is 0.309 e. The molecule has 0 aliphatic heterocycles. The normalized spacial score (nSPS) is 35.5. The van der Waals surface area contributed by atoms with E-state index in [-0.39, 0.29) is 62.4 Å². The van der Waals surface area contributed by atoms with Crippen molar-refractivity contribution in [2.45, 2.75) is 138 Å². The molecule has 2 aromatic rings. The highest BCUT2D eigenvalue weighted by Crippen LogP contribution is 2.77. The number of carboxylic acids is 1. The Labute approximate surface area is 336 Å². The molecule has 55 heavy (non-hydrogen) atoms. The zero-order valence-corrected chi connectivity index (χ0v) is 35.9. The van der Waals surface area contributed by atoms with Crippen LogP contribution in [0, 0.1) is 50.7 Å². The van der Waals surface area contributed by atoms with Gasteiger partial charge in [0.2, 0.25) is 0 Å². The first-order chi connectivity index (χ1) is 25.5. The summed E-state index contributed by atoms with van der Waals surface area (Å²) < 4.78 is 9.70. The minimum atomic E-state index is -1.18. The molecule has 8 nitrogen and oxygen atoms in total. The zero-order chi connectivity index (χ0) is 40.4. The molecule has 1 heterocycles. The van der Waals surface area contributed by atoms with Crippen LogP contribution in [0.5, 0.6) is 0 Å². The van der Waals surface area contributed by atoms with Crippen LogP contribution in [0.2, 0.25) is 10.0 Å². The van der Waals surface area contributed by atoms with Crippen LogP contribution in [0.25, 0.3) is 5.69 Å². The van der Waals surface area contributed by atoms with Crippen molar-refractivity contribution >= 4 is 40.9 Å². The predicted molar refractivity (Wildman–Crippen MR) is 216 cm³/mol. The number of esters is 1. The SMILES string of the molecule is CC(C)C1=C2[C@H]3CC[C@H]4C(C)(CC[C@H]5C(C)(C)[C@@H](OC(=O)CC(C)(C)C(=O)O)CC[C@@]54C)[C@]3(C)CC[C@@]2(c2c(Cl)c(=O)n(-c3ccc(Cl)cc3)n2C)CC1=O. The molecular formula is C45H60Cl2N2O6. The Morgan fingerprint density at radius 1 is 0.909 bits per heavy atom. The van der Waals surface area contributed by atoms with E-state index in [1.165, 1.54) is 5.57 Å². The number of aliphatic carboxylic acids is 1. The van der Waals surface area contributed by atoms with Crippen molar-refractivity contribution in [1.82, 2.24) is 9.36 Å². The fraction of sp³-hybridized carbons (Fsp3) is 0.689. The second-order valence-electron chi connectivity index (χ2n) is 20.3. The highest BCUT2D eigenvalue weighted by atomic mass is 35.5. The number of halogens is 2. The second kappa shape index (κ2) is 13.1. The number of Topliss-reactive ketones (excluding diaryl/α,β-unsaturated/α-hetero) is 1. The summed E-state index contributed by atoms with van der Waals surface area (Å²) in [6.45, 7) is 19.5. The van der Waals surface area contributed by atoms with Crippen LogP contribution < -0.4 is 5.56 Å². The first kappa shape index (κ1) is 40.4. The zero-order valence-electron chi connectivity index (χ0n) is 34.4. The summed E-state index contributed by atoms with van der Waals surface area (Å²) in [4.78, 5) is 53.3. The lowest BCUT2D eigenvalue weighted by molar-refractivity contribution is -0.232. The summed E-state index contributed by atoms with van der Waals surface area (Å²) in [6, 6.07) is 7.20. The monoisotopic (exact) mass is 794 g/mol. The third-order valence-corrected chi connectivity index (χ3v) is 17.1. The number of ketones is 1. The summed E-state index contributed by atoms with van der Waals surface area (Å²) in [5.41, 5.74) is 1.12. The van der Waals surface area contributed by atoms with E-state index in [2.05, 4.69) is 48.5 Å². The predicted octanol–water partition coefficient (Wildman–Crippen LogP) is 10.1. The molecule has 7 rings (SSSR count). The highest BCUT2D eigenvalue weighted by Gasteiger charge is 2.71. The van der Waals surface area contributed by atoms with Gasteiger partial charge in [0.15, 0.2) is 5.78 Å². The van der Waals surface area contributed by atoms with E-state index in [9.17, 15) is 24.3 Å². The third-order valence-electron chi connectivity index (χ3n) is 16.5. The molecule has 0 amide bonds. The maximum absolute atomic E-state index is 14.4. The number of hydrogen-bond acceptors (Lipinski definition) is 5. The molecule has 300 valence electrons. The van der Waals surface area contributed by atoms with Crippen molar-refractivity contribution in [2.75, 3.05) is 0 Å². The van der Waals surface area contributed by atoms with Gasteiger partial charge in [0.05, 0.1) is 23.2 Å². The molecule has 1 unspecified atom stereocenters. The van der Waals surface area contributed by atoms with Gasteiger partial charge in [-0.1, -0.05) is 71.7 Å². The Kier molecular flexibility index (Phi) is 9.61. The number of fused-ring (bicyclic) bond motifs is 7. The summed E-state index contributed by atoms with van der Waals surface area (Å²) in [5, 5.41) is 10.4. The molecule has 1 aromatic heterocycles. The quantitative estimate of drug-likeness (QED) is 0.280. The van der Waals surface area contributed by atoms with E-state index in [1.54, 1.807) is 30.7 Å². The first-order valence-corrected chi connectivity index (χ1v) is 21.2. The molecule has 5 aliphatic carbocycles. The van der Waals surface area contributed by atoms with Gasteiger partial charge in [0.25, 0.3) is 5.56 Å². The van der Waals surface area contributed by atoms with Crippen molar-refractivity contribution in [3.8, 4) is 5.69 Å². The van der Waals surface area contributed by atoms with Crippen LogP contribution in [0.15, 0.2) is 40.2 Å². The Bertz CT molecular complexity index is 2040. The number of carbonyl (C=O) groups excluding carboxylic acids is 2. The van der Waals surface area contributed by atoms with Gasteiger partial charge < -0.3 is 9.84 Å². The maximum atomic E-state index is 14.4. The molecule has 1 N–H and O–H groups in total. The van der Waals surface area contributed by atoms with E-state index in [1.807, 2.05) is 23.9 Å². The Morgan fingerprint density at radius 2 is 1.56 bits per heavy atom. The van der Waals surface area contributed by atoms with E-state index in [0.29, 0.717) is 29.0 Å². The molecule has 0 bridgehead atoms. The van der Waals surface area contributed by atoms with Crippen LogP contribution in [-0.4, -0.2) is 38.3 Å². The van der Waals surface area contributed by atoms with Crippen molar-refractivity contribution in [1.29, 1.82) is 0 Å². The number of allylic oxidation sites excluding steroid dienone is 2. The van der Waals surface area contributed by atoms with E-state index >= 15 is 0 Å². The molecule has 4 fully saturated rings. The molecular weight excluding hydrogens is 735 g/mol. The number of carboxylic acid groups (broad SMARTS) is 1. The number of aromatic nitrogens is 2. The number of carbonyl (C=O) groups is 3. The van der Waals surface area contributed by atoms with E-state index in [4.69, 9.17) is 27.9 Å². The van der Waals surface area contributed by atoms with Crippen LogP contribution in [-0.2, 0) is 31.6 Å². The Morgan fingerprint density at radius 3 is 2.18 bits per heavy atom. The van der Waals surface area contributed by atoms with Crippen LogP contribution in [0.4, 0.5) is 0 Å². The third kappa shape index (κ3) is 5.63. The van der Waals surface area contributed by atoms with Gasteiger partial charge in [-0.05, 0) is 141 Å². The molecule has 4 saturated carbocycles. The Hall–Kier alpha value is -2.84. The van der Waals surface area contributed by atoms with Crippen molar-refractivity contribution in [3.05, 3.63) is 61.5 Å². The average molecular weight is 796 g/mol. The van der Waals surface area contributed by atoms with Gasteiger partial charge in [0, 0.05) is 29.3 Å². The minimum Gasteiger partial charge on any atom is -0.481 e. The molecule has 10 heteroatoms. The number of benzene rings is 1. The summed E-state index contributed by atoms with van der Waals surface area (Å²) in [5.74, 6) is -0.277. The topological polar surface area (TPSA) is 108 Å². The lowest BCUT2D eigenvalue weighted by Gasteiger charge is -2.72. The standard InChI is InChI=1S/C45H60Cl2N2O6/c1-25(2)34-29(50)23-45(37-36(47)38(52)49(48(37)10)27-13-11-26(46)12-14-27)22-21-43(8)28(35(34)45)15-16-31-42(7)19-18-32(55-33(51)24-40(3,4)39(53)54)41(5,6)30(42)17-20-44(31,43)9/h11-14,25,28,30-32H,15-24H2,1-10H3,(H,53,54)/t28-,30+,31-,32+,42+,43-,44?,45-/m1/s1. The lowest BCUT2D eigenvalue weighted by atomic mass is 9.33. The molecule has 5 aliphatic rings. The molecule has 0 spiro atoms. The second-order valence-corrected chi connectivity index (χ2v) is 21.1. The highest BCUT2D eigenvalue weighted by molar-refractivity contribution is 6.31. The van der Waals surface area contributed by atoms with Gasteiger partial charge >= 0.3 is 11.9 Å². The molecule has 0 radical (unpaired) electrons. The largest absolute Gasteiger partial charge is 0.481 e. The molecule has 8 atom stereocenters. The van der Waals surface area contributed by atoms with Crippen molar-refractivity contribution < 1.29 is 24.2 Å². The molecule has 0 saturated heterocycles. The van der Waals surface area contributed by atoms with Crippen LogP contribution in [0.1, 0.15) is 132 Å². The number of nitrogens with zero attached hydrogens (tertiary/aromatic N) is 2. The summed E-state index contributed by atoms with van der Waals surface area (Å²) in [6.07, 6.45) is 7.33. The van der Waals surface area contributed by atoms with Gasteiger partial charge in [-0.3, -0.25) is 23.9 Å². The van der Waals surface area contributed by atoms with Crippen LogP contribution >= 0.6 is 23.2 Å². The average Bonchev–Trinajstić information content (AvgIpc) is 3.51. The number of ether oxygens (including phenoxy) is 1. The van der Waals surface area contributed by atoms with Gasteiger partial charge in [-0.25, -0.2) is 4.68 Å². The van der Waals surface area contributed by atoms with E-state index < -0.39 is 22.8 Å². The summed E-state index contributed by atoms with van der Waals surface area (Å²) in [7, 11) is 1.90. The van der Waals surface area contributed by atoms with E-state index in [0.717, 1.165) is 62.6 Å². The number of rotatable bonds is 7. The van der Waals surface area contributed by atoms with Crippen LogP contribution in [0.3, 0.4) is 0 Å². The van der Waals surface area contributed by atoms with Crippen molar-refractivity contribution in [2.24, 2.45) is 57.8 Å². The van der Waals surface area contributed by atoms with Gasteiger partial charge in [0.1, 0.15) is 11.1 Å². The van der Waals surface area contributed by atoms with Gasteiger partial charge in [-0.15, -0.1) is 0 Å². The summed E-state index contributed by atoms with van der Waals surface area (Å²) >= 11 is 13.4. The van der Waals surface area contributed by atoms with Crippen molar-refractivity contribution in [3.63, 3.8) is 0 Å². The van der Waals surface area contributed by atoms with Gasteiger partial charge in [-0.2, -0.15) is 0 Å². The lowest BCUT2D eigenvalue weighted by Crippen LogP contribution is -2.66. The molecule has 1 aromatic carbocycles. The fourth-order valence-electron chi connectivity index (χ4n) is 13.7. The number of hydrogen-bond donors (Lipinski definition) is 1.